The molecule has 0 bridgehead atoms. The largest absolute Gasteiger partial charge is 0.244 e. The minimum absolute atomic E-state index is 0.185. The molecule has 0 aliphatic rings. The zero-order valence-electron chi connectivity index (χ0n) is 15.3. The summed E-state index contributed by atoms with van der Waals surface area (Å²) in [6.07, 6.45) is 16.1. The summed E-state index contributed by atoms with van der Waals surface area (Å²) in [6.45, 7) is 15.1. The van der Waals surface area contributed by atoms with Gasteiger partial charge in [-0.1, -0.05) is 53.4 Å². The van der Waals surface area contributed by atoms with Crippen LogP contribution in [-0.4, -0.2) is 4.57 Å². The summed E-state index contributed by atoms with van der Waals surface area (Å²) in [5.74, 6) is 0. The first kappa shape index (κ1) is 18.3. The predicted molar refractivity (Wildman–Crippen MR) is 91.4 cm³/mol. The molecule has 2 heteroatoms. The second kappa shape index (κ2) is 8.00. The first-order valence-electron chi connectivity index (χ1n) is 8.82. The highest BCUT2D eigenvalue weighted by Crippen LogP contribution is 2.31. The Morgan fingerprint density at radius 2 is 1.52 bits per heavy atom. The standard InChI is InChI=1S/C19H37N2/c1-7-8-9-10-11-12-13-20-14-15-21(17-20)19(5,6)16-18(2,3)4/h14-15,17H,7-13,16H2,1-6H3/q+1. The summed E-state index contributed by atoms with van der Waals surface area (Å²) in [6, 6.07) is 0. The van der Waals surface area contributed by atoms with Gasteiger partial charge in [-0.25, -0.2) is 9.13 Å². The Balaban J connectivity index is 2.42. The molecule has 0 aromatic carbocycles. The van der Waals surface area contributed by atoms with E-state index in [-0.39, 0.29) is 5.54 Å². The predicted octanol–water partition coefficient (Wildman–Crippen LogP) is 5.31. The minimum Gasteiger partial charge on any atom is -0.237 e. The lowest BCUT2D eigenvalue weighted by atomic mass is 9.82. The van der Waals surface area contributed by atoms with E-state index in [0.717, 1.165) is 6.54 Å². The average molecular weight is 294 g/mol. The number of nitrogens with zero attached hydrogens (tertiary/aromatic N) is 2. The lowest BCUT2D eigenvalue weighted by molar-refractivity contribution is -0.697. The van der Waals surface area contributed by atoms with Gasteiger partial charge in [0.1, 0.15) is 17.9 Å². The molecule has 0 spiro atoms. The van der Waals surface area contributed by atoms with E-state index in [1.807, 2.05) is 0 Å². The van der Waals surface area contributed by atoms with Crippen molar-refractivity contribution in [1.82, 2.24) is 4.57 Å². The van der Waals surface area contributed by atoms with Crippen LogP contribution in [0.5, 0.6) is 0 Å². The number of aromatic nitrogens is 2. The van der Waals surface area contributed by atoms with E-state index in [2.05, 4.69) is 69.4 Å². The molecule has 1 aromatic rings. The molecule has 0 saturated carbocycles. The Labute approximate surface area is 132 Å². The van der Waals surface area contributed by atoms with Crippen LogP contribution in [0, 0.1) is 5.41 Å². The molecule has 0 amide bonds. The molecule has 0 N–H and O–H groups in total. The monoisotopic (exact) mass is 293 g/mol. The topological polar surface area (TPSA) is 8.81 Å². The van der Waals surface area contributed by atoms with Crippen molar-refractivity contribution in [2.45, 2.75) is 98.6 Å². The van der Waals surface area contributed by atoms with Gasteiger partial charge in [0, 0.05) is 0 Å². The third-order valence-electron chi connectivity index (χ3n) is 4.12. The van der Waals surface area contributed by atoms with Crippen LogP contribution in [0.15, 0.2) is 18.7 Å². The Bertz CT molecular complexity index is 396. The van der Waals surface area contributed by atoms with Gasteiger partial charge in [0.2, 0.25) is 6.33 Å². The third kappa shape index (κ3) is 7.15. The smallest absolute Gasteiger partial charge is 0.237 e. The molecule has 0 aliphatic heterocycles. The van der Waals surface area contributed by atoms with Crippen molar-refractivity contribution in [3.63, 3.8) is 0 Å². The van der Waals surface area contributed by atoms with Crippen molar-refractivity contribution in [1.29, 1.82) is 0 Å². The van der Waals surface area contributed by atoms with Crippen molar-refractivity contribution in [3.05, 3.63) is 18.7 Å². The van der Waals surface area contributed by atoms with Gasteiger partial charge in [-0.05, 0) is 38.5 Å². The zero-order valence-corrected chi connectivity index (χ0v) is 15.3. The van der Waals surface area contributed by atoms with E-state index in [0.29, 0.717) is 5.41 Å². The molecule has 0 atom stereocenters. The maximum absolute atomic E-state index is 2.38. The van der Waals surface area contributed by atoms with Gasteiger partial charge in [-0.2, -0.15) is 0 Å². The molecule has 21 heavy (non-hydrogen) atoms. The highest BCUT2D eigenvalue weighted by molar-refractivity contribution is 4.85. The van der Waals surface area contributed by atoms with Gasteiger partial charge in [-0.15, -0.1) is 0 Å². The van der Waals surface area contributed by atoms with Crippen LogP contribution in [0.4, 0.5) is 0 Å². The fourth-order valence-corrected chi connectivity index (χ4v) is 3.35. The quantitative estimate of drug-likeness (QED) is 0.431. The molecule has 1 aromatic heterocycles. The van der Waals surface area contributed by atoms with E-state index in [1.54, 1.807) is 0 Å². The van der Waals surface area contributed by atoms with E-state index in [1.165, 1.54) is 44.9 Å². The summed E-state index contributed by atoms with van der Waals surface area (Å²) in [5, 5.41) is 0. The van der Waals surface area contributed by atoms with Crippen LogP contribution in [0.25, 0.3) is 0 Å². The second-order valence-corrected chi connectivity index (χ2v) is 8.38. The first-order chi connectivity index (χ1) is 9.74. The van der Waals surface area contributed by atoms with E-state index in [4.69, 9.17) is 0 Å². The Hall–Kier alpha value is -0.790. The maximum Gasteiger partial charge on any atom is 0.244 e. The van der Waals surface area contributed by atoms with Gasteiger partial charge in [0.15, 0.2) is 0 Å². The first-order valence-corrected chi connectivity index (χ1v) is 8.82. The summed E-state index contributed by atoms with van der Waals surface area (Å²) in [4.78, 5) is 0. The van der Waals surface area contributed by atoms with Crippen LogP contribution in [-0.2, 0) is 12.1 Å². The highest BCUT2D eigenvalue weighted by Gasteiger charge is 2.31. The summed E-state index contributed by atoms with van der Waals surface area (Å²) in [5.41, 5.74) is 0.544. The average Bonchev–Trinajstić information content (AvgIpc) is 2.80. The van der Waals surface area contributed by atoms with Gasteiger partial charge in [-0.3, -0.25) is 0 Å². The molecule has 1 rings (SSSR count). The maximum atomic E-state index is 2.38. The van der Waals surface area contributed by atoms with Crippen molar-refractivity contribution in [2.24, 2.45) is 5.41 Å². The van der Waals surface area contributed by atoms with Crippen molar-refractivity contribution in [2.75, 3.05) is 0 Å². The number of rotatable bonds is 9. The fraction of sp³-hybridized carbons (Fsp3) is 0.842. The number of hydrogen-bond acceptors (Lipinski definition) is 0. The van der Waals surface area contributed by atoms with Gasteiger partial charge in [0.25, 0.3) is 0 Å². The van der Waals surface area contributed by atoms with Crippen LogP contribution >= 0.6 is 0 Å². The van der Waals surface area contributed by atoms with Crippen molar-refractivity contribution < 1.29 is 4.57 Å². The molecular weight excluding hydrogens is 256 g/mol. The molecular formula is C19H37N2+. The van der Waals surface area contributed by atoms with Gasteiger partial charge in [0.05, 0.1) is 6.54 Å². The van der Waals surface area contributed by atoms with Crippen LogP contribution in [0.3, 0.4) is 0 Å². The second-order valence-electron chi connectivity index (χ2n) is 8.38. The molecule has 122 valence electrons. The molecule has 1 heterocycles. The molecule has 0 aliphatic carbocycles. The van der Waals surface area contributed by atoms with Crippen LogP contribution in [0.1, 0.15) is 86.5 Å². The molecule has 0 saturated heterocycles. The highest BCUT2D eigenvalue weighted by atomic mass is 15.1. The van der Waals surface area contributed by atoms with E-state index < -0.39 is 0 Å². The lowest BCUT2D eigenvalue weighted by Crippen LogP contribution is -2.35. The van der Waals surface area contributed by atoms with Gasteiger partial charge < -0.3 is 0 Å². The Morgan fingerprint density at radius 3 is 2.14 bits per heavy atom. The Kier molecular flexibility index (Phi) is 6.96. The fourth-order valence-electron chi connectivity index (χ4n) is 3.35. The molecule has 0 unspecified atom stereocenters. The normalized spacial score (nSPS) is 12.9. The van der Waals surface area contributed by atoms with E-state index >= 15 is 0 Å². The van der Waals surface area contributed by atoms with Crippen molar-refractivity contribution in [3.8, 4) is 0 Å². The van der Waals surface area contributed by atoms with Crippen LogP contribution < -0.4 is 4.57 Å². The minimum atomic E-state index is 0.185. The zero-order chi connectivity index (χ0) is 15.9. The van der Waals surface area contributed by atoms with Crippen LogP contribution in [0.2, 0.25) is 0 Å². The number of hydrogen-bond donors (Lipinski definition) is 0. The Morgan fingerprint density at radius 1 is 0.905 bits per heavy atom. The SMILES string of the molecule is CCCCCCCC[n+]1ccn(C(C)(C)CC(C)(C)C)c1. The summed E-state index contributed by atoms with van der Waals surface area (Å²) in [7, 11) is 0. The lowest BCUT2D eigenvalue weighted by Gasteiger charge is -2.29. The number of aryl methyl sites for hydroxylation is 1. The molecule has 2 nitrogen and oxygen atoms in total. The number of imidazole rings is 1. The number of unbranched alkanes of at least 4 members (excludes halogenated alkanes) is 5. The van der Waals surface area contributed by atoms with E-state index in [9.17, 15) is 0 Å². The molecule has 0 radical (unpaired) electrons. The van der Waals surface area contributed by atoms with Gasteiger partial charge >= 0.3 is 0 Å². The summed E-state index contributed by atoms with van der Waals surface area (Å²) < 4.78 is 4.74. The van der Waals surface area contributed by atoms with Crippen molar-refractivity contribution >= 4 is 0 Å². The third-order valence-corrected chi connectivity index (χ3v) is 4.12. The summed E-state index contributed by atoms with van der Waals surface area (Å²) >= 11 is 0. The molecule has 0 fully saturated rings.